The molecule has 0 aliphatic carbocycles. The number of carboxylic acids is 1. The zero-order chi connectivity index (χ0) is 24.9. The highest BCUT2D eigenvalue weighted by atomic mass is 16.4. The molecule has 3 heterocycles. The quantitative estimate of drug-likeness (QED) is 0.331. The maximum absolute atomic E-state index is 11.1. The van der Waals surface area contributed by atoms with Gasteiger partial charge in [-0.2, -0.15) is 5.10 Å². The van der Waals surface area contributed by atoms with E-state index in [2.05, 4.69) is 52.1 Å². The van der Waals surface area contributed by atoms with Crippen LogP contribution in [0.25, 0.3) is 11.1 Å². The number of hydrogen-bond acceptors (Lipinski definition) is 5. The Labute approximate surface area is 211 Å². The average molecular weight is 482 g/mol. The number of aromatic nitrogens is 3. The number of hydrogen-bond donors (Lipinski definition) is 3. The predicted molar refractivity (Wildman–Crippen MR) is 141 cm³/mol. The van der Waals surface area contributed by atoms with Crippen LogP contribution in [0, 0.1) is 5.92 Å². The number of carboxylic acid groups (broad SMARTS) is 1. The van der Waals surface area contributed by atoms with Gasteiger partial charge in [0.1, 0.15) is 0 Å². The fraction of sp³-hybridized carbons (Fsp3) is 0.276. The van der Waals surface area contributed by atoms with Gasteiger partial charge in [-0.05, 0) is 42.1 Å². The molecular weight excluding hydrogens is 450 g/mol. The van der Waals surface area contributed by atoms with Crippen molar-refractivity contribution in [1.29, 1.82) is 0 Å². The van der Waals surface area contributed by atoms with E-state index < -0.39 is 5.97 Å². The second-order valence-corrected chi connectivity index (χ2v) is 9.45. The van der Waals surface area contributed by atoms with E-state index in [-0.39, 0.29) is 12.5 Å². The standard InChI is InChI=1S/C29H31N5O2/c1-34-19-25(18-33-34)23-14-26-27(31-16-23)15-24(17-32-26)29(22-8-3-2-4-9-22)30-11-10-20-6-5-7-21(12-20)13-28(35)36/h2-9,12,14,16,18-19,24,29-30,32H,10-11,13,15,17H2,1H3,(H,35,36)/t24-,29-/m1/s1. The van der Waals surface area contributed by atoms with Crippen LogP contribution in [0.3, 0.4) is 0 Å². The van der Waals surface area contributed by atoms with Gasteiger partial charge in [-0.3, -0.25) is 14.5 Å². The van der Waals surface area contributed by atoms with Gasteiger partial charge in [-0.25, -0.2) is 0 Å². The van der Waals surface area contributed by atoms with Crippen molar-refractivity contribution in [3.05, 3.63) is 102 Å². The first kappa shape index (κ1) is 23.8. The van der Waals surface area contributed by atoms with Crippen molar-refractivity contribution in [3.8, 4) is 11.1 Å². The molecule has 0 amide bonds. The van der Waals surface area contributed by atoms with Crippen LogP contribution in [0.4, 0.5) is 5.69 Å². The summed E-state index contributed by atoms with van der Waals surface area (Å²) in [5.41, 5.74) is 7.55. The van der Waals surface area contributed by atoms with Crippen LogP contribution >= 0.6 is 0 Å². The van der Waals surface area contributed by atoms with Gasteiger partial charge < -0.3 is 15.7 Å². The van der Waals surface area contributed by atoms with E-state index in [1.807, 2.05) is 49.9 Å². The Kier molecular flexibility index (Phi) is 7.09. The Balaban J connectivity index is 1.29. The Hall–Kier alpha value is -3.97. The molecule has 5 rings (SSSR count). The lowest BCUT2D eigenvalue weighted by Gasteiger charge is -2.33. The van der Waals surface area contributed by atoms with E-state index in [9.17, 15) is 4.79 Å². The molecule has 184 valence electrons. The Morgan fingerprint density at radius 1 is 1.11 bits per heavy atom. The molecule has 7 nitrogen and oxygen atoms in total. The molecule has 0 spiro atoms. The molecule has 1 aliphatic rings. The first-order valence-corrected chi connectivity index (χ1v) is 12.3. The van der Waals surface area contributed by atoms with Crippen molar-refractivity contribution < 1.29 is 9.90 Å². The van der Waals surface area contributed by atoms with Crippen LogP contribution in [-0.2, 0) is 31.1 Å². The van der Waals surface area contributed by atoms with E-state index in [0.717, 1.165) is 59.6 Å². The van der Waals surface area contributed by atoms with Crippen molar-refractivity contribution in [1.82, 2.24) is 20.1 Å². The summed E-state index contributed by atoms with van der Waals surface area (Å²) in [7, 11) is 1.92. The fourth-order valence-corrected chi connectivity index (χ4v) is 4.99. The van der Waals surface area contributed by atoms with Gasteiger partial charge in [0, 0.05) is 49.1 Å². The van der Waals surface area contributed by atoms with Crippen LogP contribution in [0.15, 0.2) is 79.3 Å². The normalized spacial score (nSPS) is 15.6. The third-order valence-electron chi connectivity index (χ3n) is 6.77. The van der Waals surface area contributed by atoms with Crippen LogP contribution < -0.4 is 10.6 Å². The van der Waals surface area contributed by atoms with Crippen molar-refractivity contribution >= 4 is 11.7 Å². The van der Waals surface area contributed by atoms with Gasteiger partial charge in [0.15, 0.2) is 0 Å². The summed E-state index contributed by atoms with van der Waals surface area (Å²) >= 11 is 0. The van der Waals surface area contributed by atoms with Gasteiger partial charge in [0.2, 0.25) is 0 Å². The third-order valence-corrected chi connectivity index (χ3v) is 6.77. The molecule has 7 heteroatoms. The highest BCUT2D eigenvalue weighted by Gasteiger charge is 2.28. The minimum Gasteiger partial charge on any atom is -0.481 e. The minimum absolute atomic E-state index is 0.0521. The summed E-state index contributed by atoms with van der Waals surface area (Å²) in [6.07, 6.45) is 7.57. The first-order chi connectivity index (χ1) is 17.5. The highest BCUT2D eigenvalue weighted by Crippen LogP contribution is 2.33. The molecule has 0 saturated heterocycles. The maximum atomic E-state index is 11.1. The lowest BCUT2D eigenvalue weighted by Crippen LogP contribution is -2.37. The zero-order valence-electron chi connectivity index (χ0n) is 20.4. The molecule has 0 saturated carbocycles. The number of nitrogens with zero attached hydrogens (tertiary/aromatic N) is 3. The summed E-state index contributed by atoms with van der Waals surface area (Å²) in [5, 5.41) is 20.8. The van der Waals surface area contributed by atoms with Gasteiger partial charge >= 0.3 is 5.97 Å². The molecule has 0 radical (unpaired) electrons. The first-order valence-electron chi connectivity index (χ1n) is 12.3. The molecule has 0 fully saturated rings. The lowest BCUT2D eigenvalue weighted by molar-refractivity contribution is -0.136. The Morgan fingerprint density at radius 2 is 1.94 bits per heavy atom. The zero-order valence-corrected chi connectivity index (χ0v) is 20.4. The number of nitrogens with one attached hydrogen (secondary N) is 2. The molecule has 0 bridgehead atoms. The van der Waals surface area contributed by atoms with Crippen molar-refractivity contribution in [2.45, 2.75) is 25.3 Å². The van der Waals surface area contributed by atoms with Gasteiger partial charge in [-0.1, -0.05) is 54.6 Å². The summed E-state index contributed by atoms with van der Waals surface area (Å²) in [6, 6.07) is 20.8. The molecule has 1 aliphatic heterocycles. The van der Waals surface area contributed by atoms with Crippen LogP contribution in [-0.4, -0.2) is 38.9 Å². The van der Waals surface area contributed by atoms with E-state index in [1.54, 1.807) is 4.68 Å². The number of benzene rings is 2. The number of carbonyl (C=O) groups is 1. The molecule has 3 N–H and O–H groups in total. The summed E-state index contributed by atoms with van der Waals surface area (Å²) < 4.78 is 1.80. The number of fused-ring (bicyclic) bond motifs is 1. The minimum atomic E-state index is -0.805. The van der Waals surface area contributed by atoms with Crippen molar-refractivity contribution in [2.24, 2.45) is 13.0 Å². The molecule has 2 aromatic heterocycles. The smallest absolute Gasteiger partial charge is 0.307 e. The number of anilines is 1. The molecular formula is C29H31N5O2. The van der Waals surface area contributed by atoms with Gasteiger partial charge in [0.05, 0.1) is 24.0 Å². The van der Waals surface area contributed by atoms with Gasteiger partial charge in [-0.15, -0.1) is 0 Å². The number of rotatable bonds is 9. The Morgan fingerprint density at radius 3 is 2.72 bits per heavy atom. The van der Waals surface area contributed by atoms with Crippen molar-refractivity contribution in [3.63, 3.8) is 0 Å². The van der Waals surface area contributed by atoms with Crippen molar-refractivity contribution in [2.75, 3.05) is 18.4 Å². The topological polar surface area (TPSA) is 92.1 Å². The van der Waals surface area contributed by atoms with E-state index in [1.165, 1.54) is 5.56 Å². The maximum Gasteiger partial charge on any atom is 0.307 e. The second-order valence-electron chi connectivity index (χ2n) is 9.45. The number of aliphatic carboxylic acids is 1. The van der Waals surface area contributed by atoms with Crippen LogP contribution in [0.5, 0.6) is 0 Å². The third kappa shape index (κ3) is 5.63. The molecule has 2 aromatic carbocycles. The fourth-order valence-electron chi connectivity index (χ4n) is 4.99. The number of pyridine rings is 1. The molecule has 2 atom stereocenters. The van der Waals surface area contributed by atoms with Crippen LogP contribution in [0.2, 0.25) is 0 Å². The summed E-state index contributed by atoms with van der Waals surface area (Å²) in [6.45, 7) is 1.65. The van der Waals surface area contributed by atoms with Crippen LogP contribution in [0.1, 0.15) is 28.4 Å². The highest BCUT2D eigenvalue weighted by molar-refractivity contribution is 5.70. The summed E-state index contributed by atoms with van der Waals surface area (Å²) in [4.78, 5) is 15.9. The largest absolute Gasteiger partial charge is 0.481 e. The molecule has 4 aromatic rings. The molecule has 0 unspecified atom stereocenters. The molecule has 36 heavy (non-hydrogen) atoms. The van der Waals surface area contributed by atoms with Gasteiger partial charge in [0.25, 0.3) is 0 Å². The lowest BCUT2D eigenvalue weighted by atomic mass is 9.86. The predicted octanol–water partition coefficient (Wildman–Crippen LogP) is 4.27. The monoisotopic (exact) mass is 481 g/mol. The second kappa shape index (κ2) is 10.7. The van der Waals surface area contributed by atoms with E-state index in [0.29, 0.717) is 5.92 Å². The Bertz CT molecular complexity index is 1330. The van der Waals surface area contributed by atoms with E-state index >= 15 is 0 Å². The number of aryl methyl sites for hydroxylation is 1. The summed E-state index contributed by atoms with van der Waals surface area (Å²) in [5.74, 6) is -0.462. The SMILES string of the molecule is Cn1cc(-c2cnc3c(c2)NC[C@H]([C@H](NCCc2cccc(CC(=O)O)c2)c2ccccc2)C3)cn1. The average Bonchev–Trinajstić information content (AvgIpc) is 3.33. The van der Waals surface area contributed by atoms with E-state index in [4.69, 9.17) is 10.1 Å².